The number of hydrogen-bond donors (Lipinski definition) is 0. The molecule has 1 heterocycles. The highest BCUT2D eigenvalue weighted by atomic mass is 35.5. The summed E-state index contributed by atoms with van der Waals surface area (Å²) >= 11 is 6.07. The van der Waals surface area contributed by atoms with Crippen LogP contribution in [0.2, 0.25) is 5.02 Å². The van der Waals surface area contributed by atoms with Crippen molar-refractivity contribution in [3.05, 3.63) is 82.5 Å². The van der Waals surface area contributed by atoms with Gasteiger partial charge in [-0.2, -0.15) is 0 Å². The Kier molecular flexibility index (Phi) is 7.36. The second kappa shape index (κ2) is 10.2. The molecule has 0 saturated carbocycles. The molecule has 0 amide bonds. The van der Waals surface area contributed by atoms with Crippen molar-refractivity contribution in [2.75, 3.05) is 25.2 Å². The summed E-state index contributed by atoms with van der Waals surface area (Å²) in [6.45, 7) is 3.91. The molecule has 3 rings (SSSR count). The molecule has 1 unspecified atom stereocenters. The predicted molar refractivity (Wildman–Crippen MR) is 119 cm³/mol. The van der Waals surface area contributed by atoms with Gasteiger partial charge in [-0.15, -0.1) is 0 Å². The van der Waals surface area contributed by atoms with E-state index in [1.807, 2.05) is 41.3 Å². The Bertz CT molecular complexity index is 996. The SMILES string of the molecule is CCOC(=O)C1=CN(c2ccc(Cl)cc2)C(c2ccc(OC)cc2)C(C(=O)OCC)=C1. The van der Waals surface area contributed by atoms with E-state index in [-0.39, 0.29) is 18.8 Å². The van der Waals surface area contributed by atoms with Crippen LogP contribution in [-0.2, 0) is 19.1 Å². The van der Waals surface area contributed by atoms with Crippen molar-refractivity contribution in [3.8, 4) is 5.75 Å². The van der Waals surface area contributed by atoms with E-state index in [2.05, 4.69) is 0 Å². The molecule has 0 spiro atoms. The summed E-state index contributed by atoms with van der Waals surface area (Å²) in [5.41, 5.74) is 2.16. The van der Waals surface area contributed by atoms with Crippen LogP contribution in [0.4, 0.5) is 5.69 Å². The lowest BCUT2D eigenvalue weighted by Crippen LogP contribution is -2.33. The minimum absolute atomic E-state index is 0.213. The predicted octanol–water partition coefficient (Wildman–Crippen LogP) is 4.85. The second-order valence-electron chi connectivity index (χ2n) is 6.68. The van der Waals surface area contributed by atoms with Gasteiger partial charge in [0.1, 0.15) is 5.75 Å². The molecule has 31 heavy (non-hydrogen) atoms. The number of hydrogen-bond acceptors (Lipinski definition) is 6. The van der Waals surface area contributed by atoms with Crippen molar-refractivity contribution >= 4 is 29.2 Å². The van der Waals surface area contributed by atoms with Gasteiger partial charge in [-0.1, -0.05) is 23.7 Å². The van der Waals surface area contributed by atoms with Crippen molar-refractivity contribution in [2.24, 2.45) is 0 Å². The number of nitrogens with zero attached hydrogens (tertiary/aromatic N) is 1. The van der Waals surface area contributed by atoms with E-state index >= 15 is 0 Å². The smallest absolute Gasteiger partial charge is 0.339 e. The topological polar surface area (TPSA) is 65.1 Å². The van der Waals surface area contributed by atoms with Crippen LogP contribution in [0.25, 0.3) is 0 Å². The van der Waals surface area contributed by atoms with Gasteiger partial charge in [-0.25, -0.2) is 9.59 Å². The van der Waals surface area contributed by atoms with Crippen LogP contribution < -0.4 is 9.64 Å². The number of halogens is 1. The molecule has 2 aromatic carbocycles. The fourth-order valence-electron chi connectivity index (χ4n) is 3.33. The molecule has 0 aliphatic carbocycles. The van der Waals surface area contributed by atoms with Gasteiger partial charge in [-0.05, 0) is 61.9 Å². The molecular formula is C24H24ClNO5. The zero-order valence-electron chi connectivity index (χ0n) is 17.6. The number of rotatable bonds is 7. The highest BCUT2D eigenvalue weighted by Crippen LogP contribution is 2.39. The number of carbonyl (C=O) groups is 2. The van der Waals surface area contributed by atoms with Gasteiger partial charge in [-0.3, -0.25) is 0 Å². The van der Waals surface area contributed by atoms with Gasteiger partial charge < -0.3 is 19.1 Å². The average molecular weight is 442 g/mol. The Morgan fingerprint density at radius 2 is 1.55 bits per heavy atom. The zero-order valence-corrected chi connectivity index (χ0v) is 18.4. The quantitative estimate of drug-likeness (QED) is 0.572. The first kappa shape index (κ1) is 22.4. The normalized spacial score (nSPS) is 15.6. The standard InChI is InChI=1S/C24H24ClNO5/c1-4-30-23(27)17-14-21(24(28)31-5-2)22(16-6-12-20(29-3)13-7-16)26(15-17)19-10-8-18(25)9-11-19/h6-15,22H,4-5H2,1-3H3. The Morgan fingerprint density at radius 1 is 0.935 bits per heavy atom. The fraction of sp³-hybridized carbons (Fsp3) is 0.250. The molecule has 0 fully saturated rings. The summed E-state index contributed by atoms with van der Waals surface area (Å²) < 4.78 is 15.7. The maximum Gasteiger partial charge on any atom is 0.339 e. The van der Waals surface area contributed by atoms with Gasteiger partial charge in [0.25, 0.3) is 0 Å². The van der Waals surface area contributed by atoms with E-state index in [0.717, 1.165) is 11.3 Å². The monoisotopic (exact) mass is 441 g/mol. The van der Waals surface area contributed by atoms with E-state index in [9.17, 15) is 9.59 Å². The third kappa shape index (κ3) is 5.09. The lowest BCUT2D eigenvalue weighted by atomic mass is 9.92. The molecule has 0 aromatic heterocycles. The number of anilines is 1. The molecule has 0 N–H and O–H groups in total. The summed E-state index contributed by atoms with van der Waals surface area (Å²) in [6.07, 6.45) is 3.22. The van der Waals surface area contributed by atoms with Gasteiger partial charge in [0.2, 0.25) is 0 Å². The highest BCUT2D eigenvalue weighted by Gasteiger charge is 2.34. The maximum absolute atomic E-state index is 12.9. The van der Waals surface area contributed by atoms with Crippen LogP contribution >= 0.6 is 11.6 Å². The van der Waals surface area contributed by atoms with E-state index < -0.39 is 18.0 Å². The Hall–Kier alpha value is -3.25. The maximum atomic E-state index is 12.9. The zero-order chi connectivity index (χ0) is 22.4. The minimum atomic E-state index is -0.524. The third-order valence-electron chi connectivity index (χ3n) is 4.74. The van der Waals surface area contributed by atoms with Crippen molar-refractivity contribution < 1.29 is 23.8 Å². The van der Waals surface area contributed by atoms with Gasteiger partial charge >= 0.3 is 11.9 Å². The van der Waals surface area contributed by atoms with Gasteiger partial charge in [0, 0.05) is 16.9 Å². The second-order valence-corrected chi connectivity index (χ2v) is 7.12. The summed E-state index contributed by atoms with van der Waals surface area (Å²) in [5, 5.41) is 0.581. The van der Waals surface area contributed by atoms with Crippen LogP contribution in [0.15, 0.2) is 72.0 Å². The van der Waals surface area contributed by atoms with Crippen LogP contribution in [0.5, 0.6) is 5.75 Å². The molecule has 162 valence electrons. The molecule has 7 heteroatoms. The number of esters is 2. The third-order valence-corrected chi connectivity index (χ3v) is 4.99. The Balaban J connectivity index is 2.16. The highest BCUT2D eigenvalue weighted by molar-refractivity contribution is 6.30. The van der Waals surface area contributed by atoms with Crippen molar-refractivity contribution in [3.63, 3.8) is 0 Å². The molecule has 6 nitrogen and oxygen atoms in total. The summed E-state index contributed by atoms with van der Waals surface area (Å²) in [6, 6.07) is 14.0. The lowest BCUT2D eigenvalue weighted by Gasteiger charge is -2.35. The molecule has 0 bridgehead atoms. The van der Waals surface area contributed by atoms with Crippen LogP contribution in [0.1, 0.15) is 25.5 Å². The number of carbonyl (C=O) groups excluding carboxylic acids is 2. The average Bonchev–Trinajstić information content (AvgIpc) is 2.79. The molecular weight excluding hydrogens is 418 g/mol. The molecule has 0 saturated heterocycles. The summed E-state index contributed by atoms with van der Waals surface area (Å²) in [4.78, 5) is 27.3. The van der Waals surface area contributed by atoms with Crippen LogP contribution in [0.3, 0.4) is 0 Å². The van der Waals surface area contributed by atoms with E-state index in [1.54, 1.807) is 39.3 Å². The van der Waals surface area contributed by atoms with Crippen molar-refractivity contribution in [1.82, 2.24) is 0 Å². The first-order valence-electron chi connectivity index (χ1n) is 9.94. The first-order valence-corrected chi connectivity index (χ1v) is 10.3. The number of methoxy groups -OCH3 is 1. The van der Waals surface area contributed by atoms with Crippen LogP contribution in [0, 0.1) is 0 Å². The van der Waals surface area contributed by atoms with Crippen LogP contribution in [-0.4, -0.2) is 32.3 Å². The molecule has 2 aromatic rings. The number of ether oxygens (including phenoxy) is 3. The fourth-order valence-corrected chi connectivity index (χ4v) is 3.46. The largest absolute Gasteiger partial charge is 0.497 e. The minimum Gasteiger partial charge on any atom is -0.497 e. The Labute approximate surface area is 186 Å². The van der Waals surface area contributed by atoms with Crippen molar-refractivity contribution in [2.45, 2.75) is 19.9 Å². The Morgan fingerprint density at radius 3 is 2.13 bits per heavy atom. The summed E-state index contributed by atoms with van der Waals surface area (Å²) in [7, 11) is 1.59. The molecule has 1 aliphatic heterocycles. The van der Waals surface area contributed by atoms with E-state index in [1.165, 1.54) is 6.08 Å². The summed E-state index contributed by atoms with van der Waals surface area (Å²) in [5.74, 6) is -0.323. The van der Waals surface area contributed by atoms with Gasteiger partial charge in [0.15, 0.2) is 0 Å². The van der Waals surface area contributed by atoms with E-state index in [4.69, 9.17) is 25.8 Å². The molecule has 0 radical (unpaired) electrons. The number of benzene rings is 2. The van der Waals surface area contributed by atoms with Gasteiger partial charge in [0.05, 0.1) is 37.5 Å². The lowest BCUT2D eigenvalue weighted by molar-refractivity contribution is -0.138. The first-order chi connectivity index (χ1) is 15.0. The van der Waals surface area contributed by atoms with Crippen molar-refractivity contribution in [1.29, 1.82) is 0 Å². The molecule has 1 aliphatic rings. The molecule has 1 atom stereocenters. The van der Waals surface area contributed by atoms with E-state index in [0.29, 0.717) is 16.3 Å².